The van der Waals surface area contributed by atoms with Gasteiger partial charge in [-0.3, -0.25) is 4.99 Å². The van der Waals surface area contributed by atoms with Crippen molar-refractivity contribution in [1.82, 2.24) is 14.7 Å². The summed E-state index contributed by atoms with van der Waals surface area (Å²) in [7, 11) is 3.36. The minimum atomic E-state index is 0.344. The Kier molecular flexibility index (Phi) is 12.3. The van der Waals surface area contributed by atoms with Crippen LogP contribution in [0.1, 0.15) is 32.9 Å². The van der Waals surface area contributed by atoms with Crippen LogP contribution in [0.5, 0.6) is 0 Å². The molecule has 9 nitrogen and oxygen atoms in total. The number of allylic oxidation sites excluding steroid dienone is 5. The minimum Gasteiger partial charge on any atom is -0.496 e. The zero-order valence-electron chi connectivity index (χ0n) is 23.7. The summed E-state index contributed by atoms with van der Waals surface area (Å²) in [6, 6.07) is 2.34. The molecule has 0 saturated carbocycles. The van der Waals surface area contributed by atoms with Crippen LogP contribution in [0.15, 0.2) is 80.7 Å². The second-order valence-electron chi connectivity index (χ2n) is 9.01. The lowest BCUT2D eigenvalue weighted by molar-refractivity contribution is 0.0684. The fourth-order valence-electron chi connectivity index (χ4n) is 3.93. The number of thioether (sulfide) groups is 1. The fraction of sp³-hybridized carbons (Fsp3) is 0.448. The highest BCUT2D eigenvalue weighted by Gasteiger charge is 2.16. The van der Waals surface area contributed by atoms with Crippen molar-refractivity contribution in [2.24, 2.45) is 15.0 Å². The predicted molar refractivity (Wildman–Crippen MR) is 162 cm³/mol. The largest absolute Gasteiger partial charge is 0.496 e. The van der Waals surface area contributed by atoms with E-state index in [2.05, 4.69) is 27.5 Å². The van der Waals surface area contributed by atoms with E-state index in [4.69, 9.17) is 24.3 Å². The number of hydrogen-bond donors (Lipinski definition) is 0. The van der Waals surface area contributed by atoms with Crippen LogP contribution in [-0.2, 0) is 20.6 Å². The van der Waals surface area contributed by atoms with Crippen LogP contribution >= 0.6 is 11.8 Å². The van der Waals surface area contributed by atoms with Gasteiger partial charge in [-0.25, -0.2) is 9.67 Å². The zero-order valence-corrected chi connectivity index (χ0v) is 24.5. The Hall–Kier alpha value is -3.37. The Balaban J connectivity index is 1.68. The predicted octanol–water partition coefficient (Wildman–Crippen LogP) is 5.12. The second-order valence-corrected chi connectivity index (χ2v) is 10.1. The standard InChI is InChI=1S/C29H40N6O3S/c1-7-8-27(36-6)24(4)22(2)19-25-9-12-35(33-25)13-10-28(34-14-17-37-18-15-34)32-29(30-5)38-16-11-26-20-23(3)31-21-39-26/h7-10,12-13,20-21,26H,2,11,14-19H2,1,3-6H3/b8-7-,13-10+,27-24-,30-29+,32-28+. The SMILES string of the molecule is C=C(Cc1ccn(/C=C/C(=N\C(=N/C)OCCC2C=C(C)N=CS2)N2CCOCC2)n1)/C(C)=C(/C=C\C)OC. The van der Waals surface area contributed by atoms with Gasteiger partial charge in [-0.05, 0) is 62.6 Å². The molecule has 1 aromatic heterocycles. The number of hydrogen-bond acceptors (Lipinski definition) is 7. The van der Waals surface area contributed by atoms with Crippen molar-refractivity contribution in [1.29, 1.82) is 0 Å². The third kappa shape index (κ3) is 9.71. The van der Waals surface area contributed by atoms with Crippen molar-refractivity contribution >= 4 is 35.4 Å². The highest BCUT2D eigenvalue weighted by atomic mass is 32.2. The summed E-state index contributed by atoms with van der Waals surface area (Å²) < 4.78 is 18.7. The summed E-state index contributed by atoms with van der Waals surface area (Å²) in [5.41, 5.74) is 5.81. The van der Waals surface area contributed by atoms with Gasteiger partial charge in [0.2, 0.25) is 0 Å². The average molecular weight is 553 g/mol. The molecule has 1 atom stereocenters. The van der Waals surface area contributed by atoms with Gasteiger partial charge in [0.05, 0.1) is 38.2 Å². The summed E-state index contributed by atoms with van der Waals surface area (Å²) in [6.07, 6.45) is 13.3. The molecule has 1 unspecified atom stereocenters. The molecule has 2 aliphatic rings. The van der Waals surface area contributed by atoms with Gasteiger partial charge in [0.1, 0.15) is 11.6 Å². The molecule has 210 valence electrons. The molecule has 2 aliphatic heterocycles. The van der Waals surface area contributed by atoms with E-state index in [1.165, 1.54) is 0 Å². The monoisotopic (exact) mass is 552 g/mol. The van der Waals surface area contributed by atoms with Gasteiger partial charge in [0.25, 0.3) is 0 Å². The maximum absolute atomic E-state index is 5.95. The lowest BCUT2D eigenvalue weighted by Crippen LogP contribution is -2.40. The van der Waals surface area contributed by atoms with Crippen molar-refractivity contribution in [3.8, 4) is 0 Å². The molecule has 0 amide bonds. The molecule has 0 bridgehead atoms. The first-order chi connectivity index (χ1) is 18.9. The normalized spacial score (nSPS) is 19.5. The third-order valence-electron chi connectivity index (χ3n) is 6.16. The lowest BCUT2D eigenvalue weighted by atomic mass is 10.0. The van der Waals surface area contributed by atoms with Gasteiger partial charge in [0.15, 0.2) is 0 Å². The second kappa shape index (κ2) is 15.9. The van der Waals surface area contributed by atoms with E-state index in [0.717, 1.165) is 53.6 Å². The van der Waals surface area contributed by atoms with Crippen LogP contribution in [0.4, 0.5) is 0 Å². The molecule has 1 aromatic rings. The molecule has 0 aromatic carbocycles. The van der Waals surface area contributed by atoms with Crippen LogP contribution in [0.25, 0.3) is 6.20 Å². The molecule has 0 N–H and O–H groups in total. The van der Waals surface area contributed by atoms with Crippen molar-refractivity contribution in [3.63, 3.8) is 0 Å². The van der Waals surface area contributed by atoms with Crippen molar-refractivity contribution < 1.29 is 14.2 Å². The number of methoxy groups -OCH3 is 1. The smallest absolute Gasteiger partial charge is 0.313 e. The van der Waals surface area contributed by atoms with E-state index in [-0.39, 0.29) is 0 Å². The molecule has 3 heterocycles. The lowest BCUT2D eigenvalue weighted by Gasteiger charge is -2.28. The van der Waals surface area contributed by atoms with Crippen LogP contribution in [0.2, 0.25) is 0 Å². The summed E-state index contributed by atoms with van der Waals surface area (Å²) in [5.74, 6) is 1.56. The Morgan fingerprint density at radius 1 is 1.31 bits per heavy atom. The molecule has 1 saturated heterocycles. The summed E-state index contributed by atoms with van der Waals surface area (Å²) in [6.45, 7) is 13.5. The van der Waals surface area contributed by atoms with Crippen LogP contribution in [0.3, 0.4) is 0 Å². The summed E-state index contributed by atoms with van der Waals surface area (Å²) >= 11 is 1.70. The first-order valence-corrected chi connectivity index (χ1v) is 14.0. The number of ether oxygens (including phenoxy) is 3. The first kappa shape index (κ1) is 30.2. The number of aromatic nitrogens is 2. The zero-order chi connectivity index (χ0) is 28.0. The Labute approximate surface area is 236 Å². The third-order valence-corrected chi connectivity index (χ3v) is 7.11. The maximum atomic E-state index is 5.95. The van der Waals surface area contributed by atoms with E-state index in [0.29, 0.717) is 37.5 Å². The van der Waals surface area contributed by atoms with Crippen molar-refractivity contribution in [3.05, 3.63) is 71.4 Å². The summed E-state index contributed by atoms with van der Waals surface area (Å²) in [4.78, 5) is 15.5. The van der Waals surface area contributed by atoms with Crippen LogP contribution < -0.4 is 0 Å². The van der Waals surface area contributed by atoms with Gasteiger partial charge >= 0.3 is 6.02 Å². The molecule has 10 heteroatoms. The Morgan fingerprint density at radius 3 is 2.79 bits per heavy atom. The highest BCUT2D eigenvalue weighted by Crippen LogP contribution is 2.21. The number of rotatable bonds is 10. The topological polar surface area (TPSA) is 85.8 Å². The molecule has 39 heavy (non-hydrogen) atoms. The van der Waals surface area contributed by atoms with Gasteiger partial charge in [0, 0.05) is 49.9 Å². The van der Waals surface area contributed by atoms with Crippen molar-refractivity contribution in [2.75, 3.05) is 47.1 Å². The van der Waals surface area contributed by atoms with E-state index in [1.807, 2.05) is 63.0 Å². The summed E-state index contributed by atoms with van der Waals surface area (Å²) in [5, 5.41) is 5.04. The van der Waals surface area contributed by atoms with E-state index in [9.17, 15) is 0 Å². The number of morpholine rings is 1. The van der Waals surface area contributed by atoms with Crippen molar-refractivity contribution in [2.45, 2.75) is 38.9 Å². The van der Waals surface area contributed by atoms with Gasteiger partial charge in [-0.2, -0.15) is 10.1 Å². The van der Waals surface area contributed by atoms with E-state index >= 15 is 0 Å². The molecular weight excluding hydrogens is 512 g/mol. The molecule has 3 rings (SSSR count). The molecular formula is C29H40N6O3S. The highest BCUT2D eigenvalue weighted by molar-refractivity contribution is 8.12. The fourth-order valence-corrected chi connectivity index (χ4v) is 4.82. The Morgan fingerprint density at radius 2 is 2.10 bits per heavy atom. The quantitative estimate of drug-likeness (QED) is 0.173. The van der Waals surface area contributed by atoms with Gasteiger partial charge < -0.3 is 19.1 Å². The first-order valence-electron chi connectivity index (χ1n) is 13.1. The number of nitrogens with zero attached hydrogens (tertiary/aromatic N) is 6. The molecule has 0 spiro atoms. The van der Waals surface area contributed by atoms with E-state index < -0.39 is 0 Å². The average Bonchev–Trinajstić information content (AvgIpc) is 3.40. The van der Waals surface area contributed by atoms with Crippen LogP contribution in [-0.4, -0.2) is 84.4 Å². The number of aliphatic imine (C=N–C) groups is 3. The van der Waals surface area contributed by atoms with Gasteiger partial charge in [-0.15, -0.1) is 11.8 Å². The molecule has 0 radical (unpaired) electrons. The van der Waals surface area contributed by atoms with Crippen LogP contribution in [0, 0.1) is 0 Å². The number of amidine groups is 2. The minimum absolute atomic E-state index is 0.344. The molecule has 0 aliphatic carbocycles. The van der Waals surface area contributed by atoms with Gasteiger partial charge in [-0.1, -0.05) is 12.7 Å². The molecule has 1 fully saturated rings. The Bertz CT molecular complexity index is 1190. The van der Waals surface area contributed by atoms with E-state index in [1.54, 1.807) is 30.6 Å². The maximum Gasteiger partial charge on any atom is 0.313 e.